The van der Waals surface area contributed by atoms with Gasteiger partial charge in [-0.3, -0.25) is 4.31 Å². The molecule has 7 heteroatoms. The highest BCUT2D eigenvalue weighted by Crippen LogP contribution is 2.39. The smallest absolute Gasteiger partial charge is 0.352 e. The van der Waals surface area contributed by atoms with Gasteiger partial charge in [0.05, 0.1) is 5.69 Å². The number of rotatable bonds is 3. The van der Waals surface area contributed by atoms with E-state index >= 15 is 0 Å². The lowest BCUT2D eigenvalue weighted by atomic mass is 10.0. The predicted molar refractivity (Wildman–Crippen MR) is 77.1 cm³/mol. The van der Waals surface area contributed by atoms with Crippen molar-refractivity contribution < 1.29 is 18.3 Å². The fraction of sp³-hybridized carbons (Fsp3) is 0.214. The molecule has 0 saturated heterocycles. The number of H-pyrrole nitrogens is 1. The number of nitrogens with zero attached hydrogens (tertiary/aromatic N) is 1. The van der Waals surface area contributed by atoms with Crippen molar-refractivity contribution in [1.82, 2.24) is 4.98 Å². The van der Waals surface area contributed by atoms with Crippen LogP contribution in [0.4, 0.5) is 5.69 Å². The number of sulfonamides is 1. The third-order valence-corrected chi connectivity index (χ3v) is 5.41. The Labute approximate surface area is 122 Å². The van der Waals surface area contributed by atoms with Crippen LogP contribution < -0.4 is 4.31 Å². The number of fused-ring (bicyclic) bond motifs is 1. The van der Waals surface area contributed by atoms with Gasteiger partial charge in [0, 0.05) is 18.7 Å². The first-order valence-electron chi connectivity index (χ1n) is 6.44. The average molecular weight is 306 g/mol. The van der Waals surface area contributed by atoms with Gasteiger partial charge in [0.15, 0.2) is 0 Å². The molecule has 0 radical (unpaired) electrons. The number of hydrogen-bond donors (Lipinski definition) is 2. The Morgan fingerprint density at radius 3 is 2.76 bits per heavy atom. The van der Waals surface area contributed by atoms with Crippen molar-refractivity contribution in [1.29, 1.82) is 0 Å². The fourth-order valence-electron chi connectivity index (χ4n) is 2.58. The van der Waals surface area contributed by atoms with Crippen LogP contribution in [0.25, 0.3) is 0 Å². The van der Waals surface area contributed by atoms with Gasteiger partial charge in [-0.1, -0.05) is 25.1 Å². The molecule has 0 amide bonds. The van der Waals surface area contributed by atoms with E-state index in [0.717, 1.165) is 11.6 Å². The summed E-state index contributed by atoms with van der Waals surface area (Å²) in [6.45, 7) is 2.32. The Morgan fingerprint density at radius 2 is 2.10 bits per heavy atom. The maximum absolute atomic E-state index is 12.7. The molecule has 1 atom stereocenters. The summed E-state index contributed by atoms with van der Waals surface area (Å²) in [5.74, 6) is -1.08. The summed E-state index contributed by atoms with van der Waals surface area (Å²) in [5, 5.41) is 8.89. The van der Waals surface area contributed by atoms with E-state index in [1.54, 1.807) is 12.1 Å². The fourth-order valence-corrected chi connectivity index (χ4v) is 4.15. The standard InChI is InChI=1S/C14H14N2O4S/c1-9-8-16(13-5-3-2-4-11(9)13)21(19,20)10-6-12(14(17)18)15-7-10/h2-7,9,15H,8H2,1H3,(H,17,18). The van der Waals surface area contributed by atoms with Crippen LogP contribution in [0.5, 0.6) is 0 Å². The van der Waals surface area contributed by atoms with Gasteiger partial charge in [-0.05, 0) is 17.7 Å². The van der Waals surface area contributed by atoms with Crippen molar-refractivity contribution in [2.75, 3.05) is 10.8 Å². The minimum absolute atomic E-state index is 0.0381. The number of anilines is 1. The number of aromatic nitrogens is 1. The first-order chi connectivity index (χ1) is 9.91. The molecule has 0 aliphatic carbocycles. The van der Waals surface area contributed by atoms with Crippen molar-refractivity contribution >= 4 is 21.7 Å². The minimum Gasteiger partial charge on any atom is -0.477 e. The van der Waals surface area contributed by atoms with Crippen LogP contribution >= 0.6 is 0 Å². The van der Waals surface area contributed by atoms with Crippen LogP contribution in [0, 0.1) is 0 Å². The van der Waals surface area contributed by atoms with Gasteiger partial charge >= 0.3 is 5.97 Å². The van der Waals surface area contributed by atoms with Crippen molar-refractivity contribution in [2.24, 2.45) is 0 Å². The Kier molecular flexibility index (Phi) is 3.02. The van der Waals surface area contributed by atoms with E-state index in [-0.39, 0.29) is 16.5 Å². The SMILES string of the molecule is CC1CN(S(=O)(=O)c2c[nH]c(C(=O)O)c2)c2ccccc21. The Balaban J connectivity index is 2.05. The van der Waals surface area contributed by atoms with E-state index < -0.39 is 16.0 Å². The lowest BCUT2D eigenvalue weighted by Gasteiger charge is -2.18. The van der Waals surface area contributed by atoms with E-state index in [1.165, 1.54) is 10.5 Å². The van der Waals surface area contributed by atoms with Crippen molar-refractivity contribution in [3.05, 3.63) is 47.8 Å². The second kappa shape index (κ2) is 4.63. The summed E-state index contributed by atoms with van der Waals surface area (Å²) >= 11 is 0. The second-order valence-corrected chi connectivity index (χ2v) is 6.91. The van der Waals surface area contributed by atoms with Gasteiger partial charge < -0.3 is 10.1 Å². The maximum atomic E-state index is 12.7. The van der Waals surface area contributed by atoms with E-state index in [9.17, 15) is 13.2 Å². The molecule has 1 aromatic heterocycles. The molecule has 3 rings (SSSR count). The van der Waals surface area contributed by atoms with E-state index in [1.807, 2.05) is 19.1 Å². The third-order valence-electron chi connectivity index (χ3n) is 3.65. The molecule has 1 aliphatic heterocycles. The van der Waals surface area contributed by atoms with Gasteiger partial charge in [-0.15, -0.1) is 0 Å². The predicted octanol–water partition coefficient (Wildman–Crippen LogP) is 2.03. The molecule has 0 spiro atoms. The first kappa shape index (κ1) is 13.7. The van der Waals surface area contributed by atoms with Crippen molar-refractivity contribution in [2.45, 2.75) is 17.7 Å². The first-order valence-corrected chi connectivity index (χ1v) is 7.88. The van der Waals surface area contributed by atoms with Gasteiger partial charge in [0.25, 0.3) is 10.0 Å². The van der Waals surface area contributed by atoms with Gasteiger partial charge in [-0.2, -0.15) is 0 Å². The number of carbonyl (C=O) groups is 1. The molecule has 2 heterocycles. The molecular formula is C14H14N2O4S. The quantitative estimate of drug-likeness (QED) is 0.907. The molecule has 2 aromatic rings. The number of aromatic carboxylic acids is 1. The lowest BCUT2D eigenvalue weighted by molar-refractivity contribution is 0.0691. The monoisotopic (exact) mass is 306 g/mol. The number of carboxylic acids is 1. The third kappa shape index (κ3) is 2.09. The van der Waals surface area contributed by atoms with Crippen LogP contribution in [0.3, 0.4) is 0 Å². The molecule has 2 N–H and O–H groups in total. The molecule has 21 heavy (non-hydrogen) atoms. The molecule has 0 fully saturated rings. The molecule has 1 unspecified atom stereocenters. The molecule has 0 bridgehead atoms. The Morgan fingerprint density at radius 1 is 1.38 bits per heavy atom. The van der Waals surface area contributed by atoms with E-state index in [4.69, 9.17) is 5.11 Å². The Hall–Kier alpha value is -2.28. The molecule has 110 valence electrons. The molecule has 1 aromatic carbocycles. The summed E-state index contributed by atoms with van der Waals surface area (Å²) in [4.78, 5) is 13.3. The lowest BCUT2D eigenvalue weighted by Crippen LogP contribution is -2.29. The number of carboxylic acid groups (broad SMARTS) is 1. The zero-order chi connectivity index (χ0) is 15.2. The average Bonchev–Trinajstić information content (AvgIpc) is 3.05. The van der Waals surface area contributed by atoms with Crippen LogP contribution in [0.15, 0.2) is 41.4 Å². The summed E-state index contributed by atoms with van der Waals surface area (Å²) in [6, 6.07) is 8.49. The van der Waals surface area contributed by atoms with Crippen LogP contribution in [-0.4, -0.2) is 31.0 Å². The molecular weight excluding hydrogens is 292 g/mol. The second-order valence-electron chi connectivity index (χ2n) is 5.05. The highest BCUT2D eigenvalue weighted by molar-refractivity contribution is 7.92. The number of hydrogen-bond acceptors (Lipinski definition) is 3. The zero-order valence-corrected chi connectivity index (χ0v) is 12.1. The normalized spacial score (nSPS) is 17.8. The maximum Gasteiger partial charge on any atom is 0.352 e. The van der Waals surface area contributed by atoms with Gasteiger partial charge in [0.2, 0.25) is 0 Å². The summed E-state index contributed by atoms with van der Waals surface area (Å²) in [6.07, 6.45) is 1.21. The summed E-state index contributed by atoms with van der Waals surface area (Å²) < 4.78 is 26.7. The van der Waals surface area contributed by atoms with Crippen molar-refractivity contribution in [3.63, 3.8) is 0 Å². The number of aromatic amines is 1. The number of para-hydroxylation sites is 1. The molecule has 1 aliphatic rings. The van der Waals surface area contributed by atoms with Crippen LogP contribution in [0.2, 0.25) is 0 Å². The number of nitrogens with one attached hydrogen (secondary N) is 1. The van der Waals surface area contributed by atoms with E-state index in [0.29, 0.717) is 12.2 Å². The van der Waals surface area contributed by atoms with E-state index in [2.05, 4.69) is 4.98 Å². The highest BCUT2D eigenvalue weighted by Gasteiger charge is 2.35. The summed E-state index contributed by atoms with van der Waals surface area (Å²) in [7, 11) is -3.76. The highest BCUT2D eigenvalue weighted by atomic mass is 32.2. The Bertz CT molecular complexity index is 810. The minimum atomic E-state index is -3.76. The number of benzene rings is 1. The molecule has 0 saturated carbocycles. The van der Waals surface area contributed by atoms with Crippen molar-refractivity contribution in [3.8, 4) is 0 Å². The van der Waals surface area contributed by atoms with Crippen LogP contribution in [-0.2, 0) is 10.0 Å². The van der Waals surface area contributed by atoms with Crippen LogP contribution in [0.1, 0.15) is 28.9 Å². The zero-order valence-electron chi connectivity index (χ0n) is 11.3. The largest absolute Gasteiger partial charge is 0.477 e. The topological polar surface area (TPSA) is 90.5 Å². The molecule has 6 nitrogen and oxygen atoms in total. The van der Waals surface area contributed by atoms with Gasteiger partial charge in [-0.25, -0.2) is 13.2 Å². The summed E-state index contributed by atoms with van der Waals surface area (Å²) in [5.41, 5.74) is 1.49. The van der Waals surface area contributed by atoms with Gasteiger partial charge in [0.1, 0.15) is 10.6 Å².